The van der Waals surface area contributed by atoms with Crippen LogP contribution in [0, 0.1) is 13.8 Å². The van der Waals surface area contributed by atoms with Gasteiger partial charge < -0.3 is 4.74 Å². The summed E-state index contributed by atoms with van der Waals surface area (Å²) in [6.07, 6.45) is 1.85. The van der Waals surface area contributed by atoms with Crippen LogP contribution in [0.3, 0.4) is 0 Å². The van der Waals surface area contributed by atoms with Crippen molar-refractivity contribution in [1.82, 2.24) is 9.55 Å². The number of aromatic nitrogens is 2. The van der Waals surface area contributed by atoms with Gasteiger partial charge >= 0.3 is 0 Å². The number of fused-ring (bicyclic) bond motifs is 3. The first-order chi connectivity index (χ1) is 11.2. The number of pyridine rings is 1. The number of rotatable bonds is 2. The van der Waals surface area contributed by atoms with E-state index in [0.717, 1.165) is 28.2 Å². The highest BCUT2D eigenvalue weighted by atomic mass is 16.5. The average molecular weight is 302 g/mol. The molecular formula is C20H18N2O. The van der Waals surface area contributed by atoms with Crippen molar-refractivity contribution in [3.05, 3.63) is 65.9 Å². The molecular weight excluding hydrogens is 284 g/mol. The van der Waals surface area contributed by atoms with Crippen molar-refractivity contribution in [3.8, 4) is 11.6 Å². The van der Waals surface area contributed by atoms with E-state index in [-0.39, 0.29) is 0 Å². The molecule has 2 heterocycles. The first-order valence-corrected chi connectivity index (χ1v) is 7.71. The van der Waals surface area contributed by atoms with Gasteiger partial charge in [-0.05, 0) is 43.7 Å². The quantitative estimate of drug-likeness (QED) is 0.531. The lowest BCUT2D eigenvalue weighted by atomic mass is 10.1. The van der Waals surface area contributed by atoms with Crippen molar-refractivity contribution in [1.29, 1.82) is 0 Å². The van der Waals surface area contributed by atoms with E-state index in [9.17, 15) is 0 Å². The van der Waals surface area contributed by atoms with E-state index in [0.29, 0.717) is 0 Å². The zero-order valence-electron chi connectivity index (χ0n) is 13.5. The third kappa shape index (κ3) is 1.93. The lowest BCUT2D eigenvalue weighted by molar-refractivity contribution is 0.412. The molecule has 3 nitrogen and oxygen atoms in total. The number of ether oxygens (including phenoxy) is 1. The fraction of sp³-hybridized carbons (Fsp3) is 0.150. The Labute approximate surface area is 135 Å². The average Bonchev–Trinajstić information content (AvgIpc) is 2.91. The number of hydrogen-bond donors (Lipinski definition) is 0. The first kappa shape index (κ1) is 13.8. The van der Waals surface area contributed by atoms with Gasteiger partial charge in [0.2, 0.25) is 0 Å². The van der Waals surface area contributed by atoms with Crippen LogP contribution in [0.15, 0.2) is 54.7 Å². The van der Waals surface area contributed by atoms with Gasteiger partial charge in [0.05, 0.1) is 18.1 Å². The van der Waals surface area contributed by atoms with Crippen molar-refractivity contribution < 1.29 is 4.74 Å². The molecule has 0 bridgehead atoms. The summed E-state index contributed by atoms with van der Waals surface area (Å²) in [5.74, 6) is 1.87. The molecule has 0 atom stereocenters. The molecule has 0 saturated carbocycles. The third-order valence-corrected chi connectivity index (χ3v) is 4.45. The predicted molar refractivity (Wildman–Crippen MR) is 94.6 cm³/mol. The van der Waals surface area contributed by atoms with Crippen molar-refractivity contribution in [2.75, 3.05) is 7.11 Å². The lowest BCUT2D eigenvalue weighted by Gasteiger charge is -2.12. The van der Waals surface area contributed by atoms with Crippen LogP contribution in [-0.2, 0) is 0 Å². The standard InChI is InChI=1S/C20H18N2O/c1-13-7-6-12-21-20(13)22-17-9-5-4-8-15(17)16-10-11-18(23-3)14(2)19(16)22/h4-12H,1-3H3. The number of methoxy groups -OCH3 is 1. The highest BCUT2D eigenvalue weighted by Gasteiger charge is 2.17. The summed E-state index contributed by atoms with van der Waals surface area (Å²) in [7, 11) is 1.72. The molecule has 0 spiro atoms. The van der Waals surface area contributed by atoms with E-state index < -0.39 is 0 Å². The molecule has 0 unspecified atom stereocenters. The van der Waals surface area contributed by atoms with Crippen LogP contribution in [-0.4, -0.2) is 16.7 Å². The minimum Gasteiger partial charge on any atom is -0.496 e. The molecule has 0 aliphatic rings. The van der Waals surface area contributed by atoms with Gasteiger partial charge in [-0.1, -0.05) is 24.3 Å². The summed E-state index contributed by atoms with van der Waals surface area (Å²) in [6, 6.07) is 16.7. The minimum absolute atomic E-state index is 0.898. The van der Waals surface area contributed by atoms with Crippen LogP contribution >= 0.6 is 0 Å². The first-order valence-electron chi connectivity index (χ1n) is 7.71. The summed E-state index contributed by atoms with van der Waals surface area (Å²) in [4.78, 5) is 4.64. The lowest BCUT2D eigenvalue weighted by Crippen LogP contribution is -2.01. The summed E-state index contributed by atoms with van der Waals surface area (Å²) in [5.41, 5.74) is 4.61. The molecule has 2 aromatic heterocycles. The van der Waals surface area contributed by atoms with Crippen LogP contribution in [0.25, 0.3) is 27.6 Å². The van der Waals surface area contributed by atoms with Crippen LogP contribution in [0.4, 0.5) is 0 Å². The van der Waals surface area contributed by atoms with Crippen LogP contribution < -0.4 is 4.74 Å². The van der Waals surface area contributed by atoms with E-state index in [1.165, 1.54) is 16.3 Å². The van der Waals surface area contributed by atoms with Gasteiger partial charge in [-0.2, -0.15) is 0 Å². The zero-order valence-corrected chi connectivity index (χ0v) is 13.5. The van der Waals surface area contributed by atoms with E-state index in [4.69, 9.17) is 4.74 Å². The maximum absolute atomic E-state index is 5.54. The van der Waals surface area contributed by atoms with Gasteiger partial charge in [-0.3, -0.25) is 4.57 Å². The monoisotopic (exact) mass is 302 g/mol. The number of aryl methyl sites for hydroxylation is 2. The maximum Gasteiger partial charge on any atom is 0.140 e. The van der Waals surface area contributed by atoms with Gasteiger partial charge in [-0.15, -0.1) is 0 Å². The van der Waals surface area contributed by atoms with Gasteiger partial charge in [-0.25, -0.2) is 4.98 Å². The predicted octanol–water partition coefficient (Wildman–Crippen LogP) is 4.80. The maximum atomic E-state index is 5.54. The van der Waals surface area contributed by atoms with Gasteiger partial charge in [0.1, 0.15) is 11.6 Å². The molecule has 0 saturated heterocycles. The molecule has 0 amide bonds. The van der Waals surface area contributed by atoms with Gasteiger partial charge in [0.15, 0.2) is 0 Å². The Morgan fingerprint density at radius 3 is 2.52 bits per heavy atom. The van der Waals surface area contributed by atoms with E-state index in [1.54, 1.807) is 7.11 Å². The molecule has 2 aromatic carbocycles. The minimum atomic E-state index is 0.898. The molecule has 3 heteroatoms. The number of nitrogens with zero attached hydrogens (tertiary/aromatic N) is 2. The van der Waals surface area contributed by atoms with Crippen LogP contribution in [0.2, 0.25) is 0 Å². The number of para-hydroxylation sites is 1. The SMILES string of the molecule is COc1ccc2c3ccccc3n(-c3ncccc3C)c2c1C. The number of benzene rings is 2. The van der Waals surface area contributed by atoms with Crippen molar-refractivity contribution >= 4 is 21.8 Å². The molecule has 0 aliphatic heterocycles. The third-order valence-electron chi connectivity index (χ3n) is 4.45. The fourth-order valence-electron chi connectivity index (χ4n) is 3.36. The zero-order chi connectivity index (χ0) is 16.0. The molecule has 4 rings (SSSR count). The Hall–Kier alpha value is -2.81. The van der Waals surface area contributed by atoms with Gasteiger partial charge in [0.25, 0.3) is 0 Å². The summed E-state index contributed by atoms with van der Waals surface area (Å²) < 4.78 is 7.78. The molecule has 0 fully saturated rings. The Balaban J connectivity index is 2.26. The summed E-state index contributed by atoms with van der Waals surface area (Å²) in [5, 5.41) is 2.46. The molecule has 0 radical (unpaired) electrons. The second-order valence-corrected chi connectivity index (χ2v) is 5.79. The topological polar surface area (TPSA) is 27.1 Å². The Morgan fingerprint density at radius 1 is 0.913 bits per heavy atom. The highest BCUT2D eigenvalue weighted by molar-refractivity contribution is 6.10. The molecule has 0 aliphatic carbocycles. The van der Waals surface area contributed by atoms with E-state index in [2.05, 4.69) is 59.8 Å². The van der Waals surface area contributed by atoms with E-state index in [1.807, 2.05) is 18.3 Å². The fourth-order valence-corrected chi connectivity index (χ4v) is 3.36. The Morgan fingerprint density at radius 2 is 1.74 bits per heavy atom. The Bertz CT molecular complexity index is 1030. The molecule has 114 valence electrons. The smallest absolute Gasteiger partial charge is 0.140 e. The van der Waals surface area contributed by atoms with Crippen LogP contribution in [0.5, 0.6) is 5.75 Å². The second-order valence-electron chi connectivity index (χ2n) is 5.79. The molecule has 4 aromatic rings. The number of hydrogen-bond acceptors (Lipinski definition) is 2. The molecule has 0 N–H and O–H groups in total. The summed E-state index contributed by atoms with van der Waals surface area (Å²) >= 11 is 0. The van der Waals surface area contributed by atoms with Crippen molar-refractivity contribution in [2.24, 2.45) is 0 Å². The normalized spacial score (nSPS) is 11.3. The largest absolute Gasteiger partial charge is 0.496 e. The van der Waals surface area contributed by atoms with Crippen molar-refractivity contribution in [3.63, 3.8) is 0 Å². The summed E-state index contributed by atoms with van der Waals surface area (Å²) in [6.45, 7) is 4.20. The van der Waals surface area contributed by atoms with E-state index >= 15 is 0 Å². The molecule has 23 heavy (non-hydrogen) atoms. The second kappa shape index (κ2) is 5.13. The van der Waals surface area contributed by atoms with Gasteiger partial charge in [0, 0.05) is 22.5 Å². The highest BCUT2D eigenvalue weighted by Crippen LogP contribution is 2.37. The van der Waals surface area contributed by atoms with Crippen molar-refractivity contribution in [2.45, 2.75) is 13.8 Å². The Kier molecular flexibility index (Phi) is 3.08. The van der Waals surface area contributed by atoms with Crippen LogP contribution in [0.1, 0.15) is 11.1 Å².